The third kappa shape index (κ3) is 1.97. The number of hydrogen-bond donors (Lipinski definition) is 1. The normalized spacial score (nSPS) is 13.4. The van der Waals surface area contributed by atoms with Crippen molar-refractivity contribution in [2.24, 2.45) is 0 Å². The van der Waals surface area contributed by atoms with Gasteiger partial charge in [-0.05, 0) is 14.0 Å². The molecule has 0 saturated heterocycles. The molecule has 11 heavy (non-hydrogen) atoms. The second-order valence-electron chi connectivity index (χ2n) is 2.30. The van der Waals surface area contributed by atoms with E-state index in [1.165, 1.54) is 11.3 Å². The highest BCUT2D eigenvalue weighted by molar-refractivity contribution is 7.11. The van der Waals surface area contributed by atoms with Crippen LogP contribution in [0.15, 0.2) is 6.20 Å². The maximum atomic E-state index is 12.0. The standard InChI is InChI=1S/C7H11FN2S/c1-5(9-2)6-4-10-7(3-8)11-6/h4-5,9H,3H2,1-2H3. The zero-order chi connectivity index (χ0) is 8.27. The van der Waals surface area contributed by atoms with Gasteiger partial charge in [-0.15, -0.1) is 11.3 Å². The molecule has 0 radical (unpaired) electrons. The lowest BCUT2D eigenvalue weighted by atomic mass is 10.3. The molecule has 1 aromatic heterocycles. The first kappa shape index (κ1) is 8.62. The Balaban J connectivity index is 2.71. The quantitative estimate of drug-likeness (QED) is 0.757. The molecule has 1 atom stereocenters. The van der Waals surface area contributed by atoms with Gasteiger partial charge in [-0.25, -0.2) is 9.37 Å². The highest BCUT2D eigenvalue weighted by Crippen LogP contribution is 2.20. The van der Waals surface area contributed by atoms with Crippen LogP contribution >= 0.6 is 11.3 Å². The number of hydrogen-bond acceptors (Lipinski definition) is 3. The lowest BCUT2D eigenvalue weighted by molar-refractivity contribution is 0.483. The van der Waals surface area contributed by atoms with Gasteiger partial charge in [-0.2, -0.15) is 0 Å². The van der Waals surface area contributed by atoms with Gasteiger partial charge in [0, 0.05) is 17.1 Å². The van der Waals surface area contributed by atoms with Crippen LogP contribution in [0.4, 0.5) is 4.39 Å². The van der Waals surface area contributed by atoms with Gasteiger partial charge >= 0.3 is 0 Å². The molecule has 0 amide bonds. The van der Waals surface area contributed by atoms with Crippen molar-refractivity contribution in [3.05, 3.63) is 16.1 Å². The van der Waals surface area contributed by atoms with E-state index >= 15 is 0 Å². The Hall–Kier alpha value is -0.480. The van der Waals surface area contributed by atoms with Gasteiger partial charge in [0.1, 0.15) is 11.7 Å². The van der Waals surface area contributed by atoms with Crippen molar-refractivity contribution < 1.29 is 4.39 Å². The minimum Gasteiger partial charge on any atom is -0.312 e. The molecule has 0 fully saturated rings. The van der Waals surface area contributed by atoms with Gasteiger partial charge in [-0.1, -0.05) is 0 Å². The van der Waals surface area contributed by atoms with Crippen LogP contribution in [0, 0.1) is 0 Å². The number of thiazole rings is 1. The molecule has 1 heterocycles. The van der Waals surface area contributed by atoms with Crippen molar-refractivity contribution in [1.29, 1.82) is 0 Å². The third-order valence-corrected chi connectivity index (χ3v) is 2.69. The molecular formula is C7H11FN2S. The Morgan fingerprint density at radius 2 is 2.55 bits per heavy atom. The first-order valence-corrected chi connectivity index (χ1v) is 4.27. The van der Waals surface area contributed by atoms with E-state index in [0.29, 0.717) is 5.01 Å². The van der Waals surface area contributed by atoms with Crippen molar-refractivity contribution in [3.63, 3.8) is 0 Å². The fraction of sp³-hybridized carbons (Fsp3) is 0.571. The molecule has 0 saturated carbocycles. The molecule has 0 bridgehead atoms. The average Bonchev–Trinajstić information content (AvgIpc) is 2.50. The van der Waals surface area contributed by atoms with Crippen molar-refractivity contribution in [2.45, 2.75) is 19.6 Å². The monoisotopic (exact) mass is 174 g/mol. The Morgan fingerprint density at radius 3 is 3.00 bits per heavy atom. The molecule has 0 aliphatic rings. The topological polar surface area (TPSA) is 24.9 Å². The highest BCUT2D eigenvalue weighted by atomic mass is 32.1. The molecular weight excluding hydrogens is 163 g/mol. The van der Waals surface area contributed by atoms with Crippen LogP contribution in [0.3, 0.4) is 0 Å². The first-order chi connectivity index (χ1) is 5.27. The van der Waals surface area contributed by atoms with Crippen molar-refractivity contribution >= 4 is 11.3 Å². The largest absolute Gasteiger partial charge is 0.312 e. The Kier molecular flexibility index (Phi) is 2.96. The van der Waals surface area contributed by atoms with Gasteiger partial charge in [0.05, 0.1) is 0 Å². The molecule has 0 aliphatic carbocycles. The molecule has 1 unspecified atom stereocenters. The maximum Gasteiger partial charge on any atom is 0.141 e. The molecule has 1 rings (SSSR count). The molecule has 1 aromatic rings. The number of halogens is 1. The Labute approximate surface area is 69.5 Å². The SMILES string of the molecule is CNC(C)c1cnc(CF)s1. The van der Waals surface area contributed by atoms with E-state index in [1.54, 1.807) is 6.20 Å². The van der Waals surface area contributed by atoms with E-state index in [2.05, 4.69) is 10.3 Å². The lowest BCUT2D eigenvalue weighted by Crippen LogP contribution is -2.10. The van der Waals surface area contributed by atoms with E-state index in [9.17, 15) is 4.39 Å². The van der Waals surface area contributed by atoms with E-state index in [0.717, 1.165) is 4.88 Å². The van der Waals surface area contributed by atoms with Gasteiger partial charge in [-0.3, -0.25) is 0 Å². The number of rotatable bonds is 3. The van der Waals surface area contributed by atoms with Crippen molar-refractivity contribution in [3.8, 4) is 0 Å². The summed E-state index contributed by atoms with van der Waals surface area (Å²) in [6.07, 6.45) is 1.72. The number of nitrogens with zero attached hydrogens (tertiary/aromatic N) is 1. The van der Waals surface area contributed by atoms with Crippen LogP contribution in [0.5, 0.6) is 0 Å². The summed E-state index contributed by atoms with van der Waals surface area (Å²) in [5.74, 6) is 0. The summed E-state index contributed by atoms with van der Waals surface area (Å²) >= 11 is 1.42. The van der Waals surface area contributed by atoms with E-state index < -0.39 is 6.67 Å². The fourth-order valence-corrected chi connectivity index (χ4v) is 1.56. The van der Waals surface area contributed by atoms with Crippen LogP contribution < -0.4 is 5.32 Å². The van der Waals surface area contributed by atoms with Crippen LogP contribution in [-0.4, -0.2) is 12.0 Å². The number of aromatic nitrogens is 1. The Bertz CT molecular complexity index is 224. The van der Waals surface area contributed by atoms with Gasteiger partial charge in [0.15, 0.2) is 0 Å². The second kappa shape index (κ2) is 3.78. The smallest absolute Gasteiger partial charge is 0.141 e. The molecule has 0 spiro atoms. The zero-order valence-electron chi connectivity index (χ0n) is 6.60. The second-order valence-corrected chi connectivity index (χ2v) is 3.45. The lowest BCUT2D eigenvalue weighted by Gasteiger charge is -2.04. The summed E-state index contributed by atoms with van der Waals surface area (Å²) < 4.78 is 12.0. The average molecular weight is 174 g/mol. The molecule has 1 N–H and O–H groups in total. The van der Waals surface area contributed by atoms with E-state index in [1.807, 2.05) is 14.0 Å². The summed E-state index contributed by atoms with van der Waals surface area (Å²) in [5.41, 5.74) is 0. The van der Waals surface area contributed by atoms with E-state index in [-0.39, 0.29) is 6.04 Å². The van der Waals surface area contributed by atoms with Crippen LogP contribution in [0.25, 0.3) is 0 Å². The fourth-order valence-electron chi connectivity index (χ4n) is 0.729. The van der Waals surface area contributed by atoms with Crippen molar-refractivity contribution in [2.75, 3.05) is 7.05 Å². The van der Waals surface area contributed by atoms with Gasteiger partial charge in [0.25, 0.3) is 0 Å². The molecule has 62 valence electrons. The van der Waals surface area contributed by atoms with Gasteiger partial charge in [0.2, 0.25) is 0 Å². The highest BCUT2D eigenvalue weighted by Gasteiger charge is 2.06. The molecule has 2 nitrogen and oxygen atoms in total. The number of alkyl halides is 1. The molecule has 0 aromatic carbocycles. The predicted molar refractivity (Wildman–Crippen MR) is 44.4 cm³/mol. The first-order valence-electron chi connectivity index (χ1n) is 3.45. The summed E-state index contributed by atoms with van der Waals surface area (Å²) in [4.78, 5) is 4.99. The summed E-state index contributed by atoms with van der Waals surface area (Å²) in [7, 11) is 1.87. The van der Waals surface area contributed by atoms with Crippen LogP contribution in [-0.2, 0) is 6.67 Å². The van der Waals surface area contributed by atoms with Crippen molar-refractivity contribution in [1.82, 2.24) is 10.3 Å². The molecule has 4 heteroatoms. The Morgan fingerprint density at radius 1 is 1.82 bits per heavy atom. The zero-order valence-corrected chi connectivity index (χ0v) is 7.41. The molecule has 0 aliphatic heterocycles. The maximum absolute atomic E-state index is 12.0. The summed E-state index contributed by atoms with van der Waals surface area (Å²) in [5, 5.41) is 3.62. The minimum atomic E-state index is -0.457. The van der Waals surface area contributed by atoms with Crippen LogP contribution in [0.2, 0.25) is 0 Å². The predicted octanol–water partition coefficient (Wildman–Crippen LogP) is 1.89. The minimum absolute atomic E-state index is 0.271. The number of nitrogens with one attached hydrogen (secondary N) is 1. The van der Waals surface area contributed by atoms with Gasteiger partial charge < -0.3 is 5.32 Å². The van der Waals surface area contributed by atoms with E-state index in [4.69, 9.17) is 0 Å². The van der Waals surface area contributed by atoms with Crippen LogP contribution in [0.1, 0.15) is 22.9 Å². The summed E-state index contributed by atoms with van der Waals surface area (Å²) in [6, 6.07) is 0.271. The third-order valence-electron chi connectivity index (χ3n) is 1.55. The summed E-state index contributed by atoms with van der Waals surface area (Å²) in [6.45, 7) is 1.57.